The van der Waals surface area contributed by atoms with Crippen molar-refractivity contribution in [3.63, 3.8) is 0 Å². The molecule has 0 aliphatic heterocycles. The van der Waals surface area contributed by atoms with Gasteiger partial charge < -0.3 is 5.32 Å². The third-order valence-electron chi connectivity index (χ3n) is 3.86. The first-order valence-electron chi connectivity index (χ1n) is 6.73. The summed E-state index contributed by atoms with van der Waals surface area (Å²) in [6.07, 6.45) is 9.70. The third kappa shape index (κ3) is 3.46. The van der Waals surface area contributed by atoms with Gasteiger partial charge in [0.2, 0.25) is 0 Å². The molecule has 0 spiro atoms. The summed E-state index contributed by atoms with van der Waals surface area (Å²) in [5, 5.41) is 6.53. The summed E-state index contributed by atoms with van der Waals surface area (Å²) < 4.78 is 0. The molecule has 2 rings (SSSR count). The average molecular weight is 272 g/mol. The standard InChI is InChI=1S/C14H22ClNS/c1-16-13(14-12(15)9-10-17-14)11-7-5-3-2-4-6-8-11/h9-11,13,16H,2-8H2,1H3. The molecule has 17 heavy (non-hydrogen) atoms. The molecular weight excluding hydrogens is 250 g/mol. The van der Waals surface area contributed by atoms with E-state index in [-0.39, 0.29) is 0 Å². The summed E-state index contributed by atoms with van der Waals surface area (Å²) in [5.41, 5.74) is 0. The number of thiophene rings is 1. The van der Waals surface area contributed by atoms with E-state index in [0.717, 1.165) is 10.9 Å². The van der Waals surface area contributed by atoms with Gasteiger partial charge in [-0.25, -0.2) is 0 Å². The molecule has 1 aliphatic carbocycles. The van der Waals surface area contributed by atoms with Crippen LogP contribution in [0.25, 0.3) is 0 Å². The molecule has 1 aromatic rings. The Kier molecular flexibility index (Phi) is 5.33. The van der Waals surface area contributed by atoms with Crippen molar-refractivity contribution in [2.24, 2.45) is 5.92 Å². The quantitative estimate of drug-likeness (QED) is 0.814. The van der Waals surface area contributed by atoms with Crippen LogP contribution in [0.1, 0.15) is 55.9 Å². The Morgan fingerprint density at radius 3 is 2.41 bits per heavy atom. The predicted octanol–water partition coefficient (Wildman–Crippen LogP) is 5.02. The topological polar surface area (TPSA) is 12.0 Å². The Bertz CT molecular complexity index is 329. The van der Waals surface area contributed by atoms with E-state index in [1.54, 1.807) is 11.3 Å². The van der Waals surface area contributed by atoms with Gasteiger partial charge in [0.05, 0.1) is 5.02 Å². The van der Waals surface area contributed by atoms with Crippen LogP contribution < -0.4 is 5.32 Å². The lowest BCUT2D eigenvalue weighted by Crippen LogP contribution is -2.25. The summed E-state index contributed by atoms with van der Waals surface area (Å²) in [7, 11) is 2.07. The normalized spacial score (nSPS) is 20.8. The number of nitrogens with one attached hydrogen (secondary N) is 1. The van der Waals surface area contributed by atoms with Crippen LogP contribution in [0.2, 0.25) is 5.02 Å². The van der Waals surface area contributed by atoms with Gasteiger partial charge in [-0.2, -0.15) is 0 Å². The highest BCUT2D eigenvalue weighted by atomic mass is 35.5. The number of rotatable bonds is 3. The Labute approximate surface area is 114 Å². The van der Waals surface area contributed by atoms with Crippen molar-refractivity contribution in [2.45, 2.75) is 51.0 Å². The van der Waals surface area contributed by atoms with E-state index >= 15 is 0 Å². The van der Waals surface area contributed by atoms with Crippen LogP contribution in [-0.4, -0.2) is 7.05 Å². The molecule has 1 unspecified atom stereocenters. The highest BCUT2D eigenvalue weighted by molar-refractivity contribution is 7.10. The molecule has 1 fully saturated rings. The molecule has 0 bridgehead atoms. The zero-order valence-electron chi connectivity index (χ0n) is 10.5. The van der Waals surface area contributed by atoms with E-state index in [1.807, 2.05) is 6.07 Å². The smallest absolute Gasteiger partial charge is 0.0561 e. The molecule has 1 atom stereocenters. The maximum atomic E-state index is 6.28. The molecule has 1 aromatic heterocycles. The summed E-state index contributed by atoms with van der Waals surface area (Å²) in [6, 6.07) is 2.48. The van der Waals surface area contributed by atoms with E-state index in [0.29, 0.717) is 6.04 Å². The summed E-state index contributed by atoms with van der Waals surface area (Å²) >= 11 is 8.07. The second-order valence-electron chi connectivity index (χ2n) is 5.00. The van der Waals surface area contributed by atoms with E-state index in [2.05, 4.69) is 17.7 Å². The minimum Gasteiger partial charge on any atom is -0.312 e. The molecule has 3 heteroatoms. The van der Waals surface area contributed by atoms with E-state index in [4.69, 9.17) is 11.6 Å². The Morgan fingerprint density at radius 1 is 1.24 bits per heavy atom. The molecule has 0 radical (unpaired) electrons. The largest absolute Gasteiger partial charge is 0.312 e. The Hall–Kier alpha value is -0.0500. The number of hydrogen-bond donors (Lipinski definition) is 1. The van der Waals surface area contributed by atoms with Crippen molar-refractivity contribution in [1.29, 1.82) is 0 Å². The van der Waals surface area contributed by atoms with Crippen LogP contribution >= 0.6 is 22.9 Å². The van der Waals surface area contributed by atoms with E-state index < -0.39 is 0 Å². The van der Waals surface area contributed by atoms with Gasteiger partial charge in [-0.3, -0.25) is 0 Å². The van der Waals surface area contributed by atoms with E-state index in [9.17, 15) is 0 Å². The van der Waals surface area contributed by atoms with Gasteiger partial charge in [-0.05, 0) is 37.3 Å². The van der Waals surface area contributed by atoms with Gasteiger partial charge in [0.15, 0.2) is 0 Å². The second-order valence-corrected chi connectivity index (χ2v) is 6.36. The van der Waals surface area contributed by atoms with Gasteiger partial charge in [0, 0.05) is 10.9 Å². The summed E-state index contributed by atoms with van der Waals surface area (Å²) in [6.45, 7) is 0. The van der Waals surface area contributed by atoms with Crippen molar-refractivity contribution >= 4 is 22.9 Å². The zero-order valence-corrected chi connectivity index (χ0v) is 12.1. The molecule has 1 aliphatic rings. The molecule has 1 saturated carbocycles. The van der Waals surface area contributed by atoms with Gasteiger partial charge in [-0.15, -0.1) is 11.3 Å². The molecule has 0 saturated heterocycles. The Morgan fingerprint density at radius 2 is 1.88 bits per heavy atom. The zero-order chi connectivity index (χ0) is 12.1. The number of hydrogen-bond acceptors (Lipinski definition) is 2. The molecule has 1 N–H and O–H groups in total. The SMILES string of the molecule is CNC(c1sccc1Cl)C1CCCCCCC1. The molecular formula is C14H22ClNS. The minimum atomic E-state index is 0.459. The first-order chi connectivity index (χ1) is 8.33. The van der Waals surface area contributed by atoms with Gasteiger partial charge in [0.1, 0.15) is 0 Å². The fourth-order valence-electron chi connectivity index (χ4n) is 2.93. The van der Waals surface area contributed by atoms with Crippen molar-refractivity contribution in [2.75, 3.05) is 7.05 Å². The van der Waals surface area contributed by atoms with Crippen LogP contribution in [-0.2, 0) is 0 Å². The van der Waals surface area contributed by atoms with Crippen LogP contribution in [0, 0.1) is 5.92 Å². The first-order valence-corrected chi connectivity index (χ1v) is 7.99. The highest BCUT2D eigenvalue weighted by Gasteiger charge is 2.24. The summed E-state index contributed by atoms with van der Waals surface area (Å²) in [5.74, 6) is 0.761. The lowest BCUT2D eigenvalue weighted by Gasteiger charge is -2.28. The van der Waals surface area contributed by atoms with Crippen molar-refractivity contribution < 1.29 is 0 Å². The average Bonchev–Trinajstić information content (AvgIpc) is 2.69. The molecule has 1 nitrogen and oxygen atoms in total. The lowest BCUT2D eigenvalue weighted by molar-refractivity contribution is 0.302. The fourth-order valence-corrected chi connectivity index (χ4v) is 4.31. The van der Waals surface area contributed by atoms with Crippen LogP contribution in [0.5, 0.6) is 0 Å². The third-order valence-corrected chi connectivity index (χ3v) is 5.30. The minimum absolute atomic E-state index is 0.459. The van der Waals surface area contributed by atoms with Crippen molar-refractivity contribution in [1.82, 2.24) is 5.32 Å². The lowest BCUT2D eigenvalue weighted by atomic mass is 9.85. The van der Waals surface area contributed by atoms with Crippen molar-refractivity contribution in [3.8, 4) is 0 Å². The molecule has 0 aromatic carbocycles. The maximum Gasteiger partial charge on any atom is 0.0561 e. The van der Waals surface area contributed by atoms with Crippen LogP contribution in [0.15, 0.2) is 11.4 Å². The monoisotopic (exact) mass is 271 g/mol. The fraction of sp³-hybridized carbons (Fsp3) is 0.714. The van der Waals surface area contributed by atoms with Crippen LogP contribution in [0.3, 0.4) is 0 Å². The number of halogens is 1. The molecule has 0 amide bonds. The molecule has 1 heterocycles. The Balaban J connectivity index is 2.08. The molecule has 96 valence electrons. The second kappa shape index (κ2) is 6.77. The highest BCUT2D eigenvalue weighted by Crippen LogP contribution is 2.38. The maximum absolute atomic E-state index is 6.28. The van der Waals surface area contributed by atoms with E-state index in [1.165, 1.54) is 49.8 Å². The van der Waals surface area contributed by atoms with Gasteiger partial charge >= 0.3 is 0 Å². The van der Waals surface area contributed by atoms with Gasteiger partial charge in [-0.1, -0.05) is 43.7 Å². The predicted molar refractivity (Wildman–Crippen MR) is 76.9 cm³/mol. The first kappa shape index (κ1) is 13.4. The van der Waals surface area contributed by atoms with Crippen LogP contribution in [0.4, 0.5) is 0 Å². The summed E-state index contributed by atoms with van der Waals surface area (Å²) in [4.78, 5) is 1.33. The van der Waals surface area contributed by atoms with Gasteiger partial charge in [0.25, 0.3) is 0 Å². The van der Waals surface area contributed by atoms with Crippen molar-refractivity contribution in [3.05, 3.63) is 21.3 Å².